The number of rotatable bonds is 1. The van der Waals surface area contributed by atoms with Gasteiger partial charge in [0.25, 0.3) is 5.88 Å². The van der Waals surface area contributed by atoms with Gasteiger partial charge in [0.05, 0.1) is 0 Å². The Morgan fingerprint density at radius 3 is 3.42 bits per heavy atom. The highest BCUT2D eigenvalue weighted by molar-refractivity contribution is 5.33. The standard InChI is InChI=1S/C9H11NO2/c1-2-7-6-11-8-4-3-5-10-9(8)12-7/h3-5,7H,2,6H2,1H3. The molecular formula is C9H11NO2. The molecule has 1 atom stereocenters. The maximum atomic E-state index is 5.54. The van der Waals surface area contributed by atoms with Crippen molar-refractivity contribution in [3.63, 3.8) is 0 Å². The first-order chi connectivity index (χ1) is 5.90. The van der Waals surface area contributed by atoms with Gasteiger partial charge in [-0.3, -0.25) is 0 Å². The lowest BCUT2D eigenvalue weighted by Gasteiger charge is -2.24. The summed E-state index contributed by atoms with van der Waals surface area (Å²) >= 11 is 0. The van der Waals surface area contributed by atoms with E-state index in [1.54, 1.807) is 6.20 Å². The van der Waals surface area contributed by atoms with Crippen molar-refractivity contribution in [1.82, 2.24) is 4.98 Å². The molecule has 3 heteroatoms. The average molecular weight is 165 g/mol. The van der Waals surface area contributed by atoms with Crippen molar-refractivity contribution in [3.8, 4) is 11.6 Å². The molecule has 2 rings (SSSR count). The van der Waals surface area contributed by atoms with Gasteiger partial charge in [-0.15, -0.1) is 0 Å². The third-order valence-electron chi connectivity index (χ3n) is 1.89. The fourth-order valence-corrected chi connectivity index (χ4v) is 1.15. The second-order valence-electron chi connectivity index (χ2n) is 2.77. The maximum Gasteiger partial charge on any atom is 0.257 e. The van der Waals surface area contributed by atoms with Gasteiger partial charge in [-0.25, -0.2) is 4.98 Å². The van der Waals surface area contributed by atoms with Crippen LogP contribution in [0.1, 0.15) is 13.3 Å². The monoisotopic (exact) mass is 165 g/mol. The van der Waals surface area contributed by atoms with E-state index < -0.39 is 0 Å². The number of nitrogens with zero attached hydrogens (tertiary/aromatic N) is 1. The summed E-state index contributed by atoms with van der Waals surface area (Å²) in [7, 11) is 0. The van der Waals surface area contributed by atoms with E-state index in [1.165, 1.54) is 0 Å². The Kier molecular flexibility index (Phi) is 1.86. The van der Waals surface area contributed by atoms with Crippen LogP contribution in [0.2, 0.25) is 0 Å². The third kappa shape index (κ3) is 1.22. The van der Waals surface area contributed by atoms with Crippen molar-refractivity contribution in [3.05, 3.63) is 18.3 Å². The van der Waals surface area contributed by atoms with E-state index in [1.807, 2.05) is 12.1 Å². The third-order valence-corrected chi connectivity index (χ3v) is 1.89. The number of fused-ring (bicyclic) bond motifs is 1. The highest BCUT2D eigenvalue weighted by atomic mass is 16.6. The van der Waals surface area contributed by atoms with Gasteiger partial charge < -0.3 is 9.47 Å². The van der Waals surface area contributed by atoms with Crippen LogP contribution in [-0.2, 0) is 0 Å². The molecule has 0 aromatic carbocycles. The summed E-state index contributed by atoms with van der Waals surface area (Å²) < 4.78 is 11.0. The molecule has 0 aliphatic carbocycles. The van der Waals surface area contributed by atoms with Crippen molar-refractivity contribution in [2.45, 2.75) is 19.4 Å². The van der Waals surface area contributed by atoms with E-state index >= 15 is 0 Å². The van der Waals surface area contributed by atoms with Crippen LogP contribution in [0.5, 0.6) is 11.6 Å². The number of hydrogen-bond donors (Lipinski definition) is 0. The molecule has 0 radical (unpaired) electrons. The zero-order valence-electron chi connectivity index (χ0n) is 6.99. The first-order valence-electron chi connectivity index (χ1n) is 4.14. The molecule has 0 saturated heterocycles. The number of aromatic nitrogens is 1. The van der Waals surface area contributed by atoms with Crippen LogP contribution in [0.3, 0.4) is 0 Å². The van der Waals surface area contributed by atoms with Crippen LogP contribution in [0, 0.1) is 0 Å². The summed E-state index contributed by atoms with van der Waals surface area (Å²) in [5.41, 5.74) is 0. The molecule has 0 spiro atoms. The summed E-state index contributed by atoms with van der Waals surface area (Å²) in [5.74, 6) is 1.37. The van der Waals surface area contributed by atoms with Crippen molar-refractivity contribution in [1.29, 1.82) is 0 Å². The molecule has 1 unspecified atom stereocenters. The Bertz CT molecular complexity index is 275. The molecule has 0 amide bonds. The largest absolute Gasteiger partial charge is 0.484 e. The Balaban J connectivity index is 2.23. The highest BCUT2D eigenvalue weighted by Gasteiger charge is 2.19. The first kappa shape index (κ1) is 7.40. The Morgan fingerprint density at radius 2 is 2.58 bits per heavy atom. The summed E-state index contributed by atoms with van der Waals surface area (Å²) in [6.07, 6.45) is 2.82. The highest BCUT2D eigenvalue weighted by Crippen LogP contribution is 2.28. The summed E-state index contributed by atoms with van der Waals surface area (Å²) in [5, 5.41) is 0. The number of ether oxygens (including phenoxy) is 2. The zero-order chi connectivity index (χ0) is 8.39. The molecule has 12 heavy (non-hydrogen) atoms. The minimum absolute atomic E-state index is 0.160. The van der Waals surface area contributed by atoms with Crippen LogP contribution in [0.25, 0.3) is 0 Å². The Morgan fingerprint density at radius 1 is 1.67 bits per heavy atom. The van der Waals surface area contributed by atoms with Gasteiger partial charge in [0.15, 0.2) is 5.75 Å². The summed E-state index contributed by atoms with van der Waals surface area (Å²) in [6.45, 7) is 2.71. The SMILES string of the molecule is CCC1COc2cccnc2O1. The van der Waals surface area contributed by atoms with E-state index in [0.29, 0.717) is 12.5 Å². The zero-order valence-corrected chi connectivity index (χ0v) is 6.99. The quantitative estimate of drug-likeness (QED) is 0.633. The van der Waals surface area contributed by atoms with Crippen molar-refractivity contribution >= 4 is 0 Å². The molecule has 0 N–H and O–H groups in total. The Hall–Kier alpha value is -1.25. The number of pyridine rings is 1. The number of hydrogen-bond acceptors (Lipinski definition) is 3. The normalized spacial score (nSPS) is 20.6. The van der Waals surface area contributed by atoms with E-state index in [0.717, 1.165) is 12.2 Å². The van der Waals surface area contributed by atoms with Crippen LogP contribution in [0.15, 0.2) is 18.3 Å². The van der Waals surface area contributed by atoms with Gasteiger partial charge in [0.1, 0.15) is 12.7 Å². The maximum absolute atomic E-state index is 5.54. The molecule has 0 fully saturated rings. The second kappa shape index (κ2) is 3.01. The van der Waals surface area contributed by atoms with Crippen LogP contribution in [0.4, 0.5) is 0 Å². The molecule has 2 heterocycles. The predicted octanol–water partition coefficient (Wildman–Crippen LogP) is 1.63. The van der Waals surface area contributed by atoms with E-state index in [4.69, 9.17) is 9.47 Å². The smallest absolute Gasteiger partial charge is 0.257 e. The molecule has 3 nitrogen and oxygen atoms in total. The van der Waals surface area contributed by atoms with Crippen LogP contribution >= 0.6 is 0 Å². The minimum Gasteiger partial charge on any atom is -0.484 e. The molecule has 1 aromatic rings. The summed E-state index contributed by atoms with van der Waals surface area (Å²) in [4.78, 5) is 4.07. The second-order valence-corrected chi connectivity index (χ2v) is 2.77. The van der Waals surface area contributed by atoms with Crippen LogP contribution < -0.4 is 9.47 Å². The molecular weight excluding hydrogens is 154 g/mol. The van der Waals surface area contributed by atoms with Gasteiger partial charge in [0, 0.05) is 6.20 Å². The lowest BCUT2D eigenvalue weighted by atomic mass is 10.3. The van der Waals surface area contributed by atoms with E-state index in [-0.39, 0.29) is 6.10 Å². The van der Waals surface area contributed by atoms with Gasteiger partial charge in [0.2, 0.25) is 0 Å². The molecule has 0 saturated carbocycles. The van der Waals surface area contributed by atoms with Gasteiger partial charge in [-0.1, -0.05) is 6.92 Å². The average Bonchev–Trinajstić information content (AvgIpc) is 2.17. The lowest BCUT2D eigenvalue weighted by Crippen LogP contribution is -2.28. The lowest BCUT2D eigenvalue weighted by molar-refractivity contribution is 0.0825. The fraction of sp³-hybridized carbons (Fsp3) is 0.444. The van der Waals surface area contributed by atoms with Gasteiger partial charge in [-0.05, 0) is 18.6 Å². The molecule has 64 valence electrons. The molecule has 1 aliphatic rings. The van der Waals surface area contributed by atoms with Gasteiger partial charge in [-0.2, -0.15) is 0 Å². The fourth-order valence-electron chi connectivity index (χ4n) is 1.15. The predicted molar refractivity (Wildman–Crippen MR) is 44.4 cm³/mol. The molecule has 0 bridgehead atoms. The van der Waals surface area contributed by atoms with E-state index in [2.05, 4.69) is 11.9 Å². The molecule has 1 aliphatic heterocycles. The van der Waals surface area contributed by atoms with Crippen LogP contribution in [-0.4, -0.2) is 17.7 Å². The molecule has 1 aromatic heterocycles. The van der Waals surface area contributed by atoms with E-state index in [9.17, 15) is 0 Å². The topological polar surface area (TPSA) is 31.4 Å². The van der Waals surface area contributed by atoms with Crippen molar-refractivity contribution < 1.29 is 9.47 Å². The van der Waals surface area contributed by atoms with Gasteiger partial charge >= 0.3 is 0 Å². The first-order valence-corrected chi connectivity index (χ1v) is 4.14. The van der Waals surface area contributed by atoms with Crippen molar-refractivity contribution in [2.75, 3.05) is 6.61 Å². The minimum atomic E-state index is 0.160. The summed E-state index contributed by atoms with van der Waals surface area (Å²) in [6, 6.07) is 3.71. The Labute approximate surface area is 71.3 Å². The van der Waals surface area contributed by atoms with Crippen molar-refractivity contribution in [2.24, 2.45) is 0 Å².